The number of carboxylic acid groups (broad SMARTS) is 1. The molecule has 6 aromatic carbocycles. The summed E-state index contributed by atoms with van der Waals surface area (Å²) >= 11 is 0. The molecule has 0 spiro atoms. The van der Waals surface area contributed by atoms with Crippen LogP contribution < -0.4 is 105 Å². The van der Waals surface area contributed by atoms with Crippen molar-refractivity contribution in [2.24, 2.45) is 30.7 Å². The first kappa shape index (κ1) is 50.0. The SMILES string of the molecule is Nc1c(N=Nc2ccc(-c3nc4cc(N=Nc5ccc(NCC(=O)[O-])cc5O)ccc4[nH]3)cc2)c(S(=O)(=O)[O-])cc2cc(S(=O)(=O)[O-])c(N=Nc3ccccc3)c(O)c12.[Na+].[Na+].[Na+]. The number of azo groups is 3. The maximum absolute atomic E-state index is 12.4. The first-order valence-corrected chi connectivity index (χ1v) is 19.6. The molecule has 0 aliphatic carbocycles. The molecule has 0 bridgehead atoms. The number of carboxylic acids is 1. The predicted molar refractivity (Wildman–Crippen MR) is 208 cm³/mol. The van der Waals surface area contributed by atoms with Crippen LogP contribution in [0.4, 0.5) is 45.5 Å². The fraction of sp³-hybridized carbons (Fsp3) is 0.0270. The zero-order chi connectivity index (χ0) is 42.1. The molecular weight excluding hydrogens is 878 g/mol. The molecule has 7 rings (SSSR count). The number of nitrogens with one attached hydrogen (secondary N) is 2. The topological polar surface area (TPSA) is 336 Å². The molecule has 0 aliphatic rings. The fourth-order valence-electron chi connectivity index (χ4n) is 5.69. The number of hydrogen-bond acceptors (Lipinski definition) is 19. The molecule has 1 aromatic heterocycles. The first-order valence-electron chi connectivity index (χ1n) is 16.8. The Morgan fingerprint density at radius 1 is 0.710 bits per heavy atom. The quantitative estimate of drug-likeness (QED) is 0.0370. The number of aliphatic carboxylic acids is 1. The standard InChI is InChI=1S/C37H28N10O10S2.3Na/c38-33-32-20(15-30(59(55,56)57)35(36(32)51)47-42-21-4-2-1-3-5-21)14-29(58(52,53)54)34(33)46-43-22-8-6-19(7-9-22)37-40-25-12-11-24(16-27(25)41-37)44-45-26-13-10-23(17-28(26)48)39-18-31(49)50;;;/h1-17,39,48,51H,18,38H2,(H,40,41)(H,49,50)(H,52,53,54)(H,55,56,57);;;/q;3*+1/p-3. The van der Waals surface area contributed by atoms with E-state index in [9.17, 15) is 46.1 Å². The van der Waals surface area contributed by atoms with E-state index in [1.54, 1.807) is 48.5 Å². The van der Waals surface area contributed by atoms with Crippen LogP contribution in [0.1, 0.15) is 0 Å². The number of anilines is 2. The number of imidazole rings is 1. The normalized spacial score (nSPS) is 11.8. The molecule has 0 saturated carbocycles. The Balaban J connectivity index is 0.00000282. The van der Waals surface area contributed by atoms with Crippen LogP contribution in [0, 0.1) is 0 Å². The number of aromatic amines is 1. The van der Waals surface area contributed by atoms with E-state index in [2.05, 4.69) is 46.0 Å². The summed E-state index contributed by atoms with van der Waals surface area (Å²) in [6, 6.07) is 25.0. The third-order valence-corrected chi connectivity index (χ3v) is 10.1. The Bertz CT molecular complexity index is 3140. The predicted octanol–water partition coefficient (Wildman–Crippen LogP) is -2.40. The second-order valence-electron chi connectivity index (χ2n) is 12.4. The fourth-order valence-corrected chi connectivity index (χ4v) is 6.99. The number of nitrogens with two attached hydrogens (primary N) is 1. The molecule has 25 heteroatoms. The second kappa shape index (κ2) is 20.7. The van der Waals surface area contributed by atoms with Gasteiger partial charge in [-0.2, -0.15) is 15.3 Å². The zero-order valence-corrected chi connectivity index (χ0v) is 40.3. The summed E-state index contributed by atoms with van der Waals surface area (Å²) in [5, 5.41) is 57.8. The van der Waals surface area contributed by atoms with Gasteiger partial charge in [0.15, 0.2) is 5.75 Å². The van der Waals surface area contributed by atoms with E-state index < -0.39 is 65.4 Å². The minimum atomic E-state index is -5.35. The number of aromatic hydroxyl groups is 2. The Labute approximate surface area is 417 Å². The van der Waals surface area contributed by atoms with E-state index in [4.69, 9.17) is 5.73 Å². The number of carbonyl (C=O) groups excluding carboxylic acids is 1. The third-order valence-electron chi connectivity index (χ3n) is 8.43. The van der Waals surface area contributed by atoms with Crippen molar-refractivity contribution in [1.82, 2.24) is 9.97 Å². The van der Waals surface area contributed by atoms with E-state index in [-0.39, 0.29) is 122 Å². The maximum Gasteiger partial charge on any atom is 1.00 e. The van der Waals surface area contributed by atoms with Crippen molar-refractivity contribution >= 4 is 93.5 Å². The van der Waals surface area contributed by atoms with Crippen molar-refractivity contribution in [3.8, 4) is 22.9 Å². The molecule has 0 saturated heterocycles. The molecule has 20 nitrogen and oxygen atoms in total. The van der Waals surface area contributed by atoms with Gasteiger partial charge in [0.1, 0.15) is 48.9 Å². The smallest absolute Gasteiger partial charge is 0.744 e. The van der Waals surface area contributed by atoms with Gasteiger partial charge in [0.05, 0.1) is 61.5 Å². The molecule has 0 radical (unpaired) electrons. The van der Waals surface area contributed by atoms with E-state index in [1.807, 2.05) is 0 Å². The Hall–Kier alpha value is -4.66. The van der Waals surface area contributed by atoms with Crippen molar-refractivity contribution in [3.63, 3.8) is 0 Å². The largest absolute Gasteiger partial charge is 1.00 e. The van der Waals surface area contributed by atoms with E-state index in [0.29, 0.717) is 33.8 Å². The average molecular weight is 903 g/mol. The van der Waals surface area contributed by atoms with Gasteiger partial charge in [-0.1, -0.05) is 18.2 Å². The van der Waals surface area contributed by atoms with Crippen molar-refractivity contribution in [2.75, 3.05) is 17.6 Å². The summed E-state index contributed by atoms with van der Waals surface area (Å²) in [7, 11) is -10.7. The molecule has 0 aliphatic heterocycles. The third kappa shape index (κ3) is 11.5. The molecule has 0 unspecified atom stereocenters. The van der Waals surface area contributed by atoms with Crippen LogP contribution in [-0.2, 0) is 25.0 Å². The molecule has 62 heavy (non-hydrogen) atoms. The van der Waals surface area contributed by atoms with E-state index >= 15 is 0 Å². The van der Waals surface area contributed by atoms with Gasteiger partial charge in [0, 0.05) is 17.3 Å². The Kier molecular flexibility index (Phi) is 16.7. The van der Waals surface area contributed by atoms with Crippen LogP contribution >= 0.6 is 0 Å². The number of nitrogen functional groups attached to an aromatic ring is 1. The number of H-pyrrole nitrogens is 1. The van der Waals surface area contributed by atoms with Gasteiger partial charge in [0.2, 0.25) is 0 Å². The number of aromatic nitrogens is 2. The summed E-state index contributed by atoms with van der Waals surface area (Å²) in [6.07, 6.45) is 0. The number of fused-ring (bicyclic) bond motifs is 2. The number of benzene rings is 6. The first-order chi connectivity index (χ1) is 28.0. The Morgan fingerprint density at radius 2 is 1.29 bits per heavy atom. The van der Waals surface area contributed by atoms with Gasteiger partial charge >= 0.3 is 88.7 Å². The maximum atomic E-state index is 12.4. The van der Waals surface area contributed by atoms with Gasteiger partial charge in [-0.3, -0.25) is 0 Å². The molecule has 0 fully saturated rings. The Morgan fingerprint density at radius 3 is 1.90 bits per heavy atom. The van der Waals surface area contributed by atoms with E-state index in [1.165, 1.54) is 42.5 Å². The summed E-state index contributed by atoms with van der Waals surface area (Å²) in [5.74, 6) is -2.03. The number of phenols is 2. The molecule has 298 valence electrons. The minimum absolute atomic E-state index is 0. The van der Waals surface area contributed by atoms with Crippen LogP contribution in [0.15, 0.2) is 144 Å². The summed E-state index contributed by atoms with van der Waals surface area (Å²) in [6.45, 7) is -0.437. The molecule has 0 atom stereocenters. The van der Waals surface area contributed by atoms with Gasteiger partial charge < -0.3 is 45.3 Å². The van der Waals surface area contributed by atoms with Crippen LogP contribution in [-0.4, -0.2) is 58.6 Å². The number of hydrogen-bond donors (Lipinski definition) is 5. The zero-order valence-electron chi connectivity index (χ0n) is 32.7. The van der Waals surface area contributed by atoms with E-state index in [0.717, 1.165) is 12.1 Å². The van der Waals surface area contributed by atoms with Crippen molar-refractivity contribution in [1.29, 1.82) is 0 Å². The number of phenolic OH excluding ortho intramolecular Hbond substituents is 2. The van der Waals surface area contributed by atoms with Crippen LogP contribution in [0.3, 0.4) is 0 Å². The molecular formula is C37H25N10Na3O10S2. The van der Waals surface area contributed by atoms with Gasteiger partial charge in [-0.05, 0) is 84.2 Å². The molecule has 6 N–H and O–H groups in total. The van der Waals surface area contributed by atoms with Crippen molar-refractivity contribution in [3.05, 3.63) is 103 Å². The molecule has 0 amide bonds. The minimum Gasteiger partial charge on any atom is -0.744 e. The molecule has 1 heterocycles. The van der Waals surface area contributed by atoms with Gasteiger partial charge in [0.25, 0.3) is 0 Å². The second-order valence-corrected chi connectivity index (χ2v) is 15.1. The summed E-state index contributed by atoms with van der Waals surface area (Å²) in [4.78, 5) is 16.4. The summed E-state index contributed by atoms with van der Waals surface area (Å²) in [5.41, 5.74) is 7.33. The number of carbonyl (C=O) groups is 1. The monoisotopic (exact) mass is 902 g/mol. The number of nitrogens with zero attached hydrogens (tertiary/aromatic N) is 7. The number of rotatable bonds is 12. The van der Waals surface area contributed by atoms with Gasteiger partial charge in [-0.25, -0.2) is 21.8 Å². The average Bonchev–Trinajstić information content (AvgIpc) is 3.62. The van der Waals surface area contributed by atoms with Crippen LogP contribution in [0.2, 0.25) is 0 Å². The van der Waals surface area contributed by atoms with Crippen molar-refractivity contribution in [2.45, 2.75) is 9.79 Å². The van der Waals surface area contributed by atoms with Crippen LogP contribution in [0.25, 0.3) is 33.2 Å². The van der Waals surface area contributed by atoms with Crippen molar-refractivity contribution < 1.29 is 135 Å². The molecule has 7 aromatic rings. The summed E-state index contributed by atoms with van der Waals surface area (Å²) < 4.78 is 73.7. The van der Waals surface area contributed by atoms with Crippen LogP contribution in [0.5, 0.6) is 11.5 Å². The van der Waals surface area contributed by atoms with Gasteiger partial charge in [-0.15, -0.1) is 15.3 Å².